The first-order valence-electron chi connectivity index (χ1n) is 19.2. The Balaban J connectivity index is 1.04. The molecule has 0 saturated heterocycles. The first-order valence-corrected chi connectivity index (χ1v) is 19.2. The third-order valence-corrected chi connectivity index (χ3v) is 11.3. The molecular formula is C54H35NO. The lowest BCUT2D eigenvalue weighted by Gasteiger charge is -2.29. The molecule has 0 aliphatic heterocycles. The predicted molar refractivity (Wildman–Crippen MR) is 237 cm³/mol. The fourth-order valence-corrected chi connectivity index (χ4v) is 8.51. The average molecular weight is 714 g/mol. The lowest BCUT2D eigenvalue weighted by Crippen LogP contribution is -2.11. The highest BCUT2D eigenvalue weighted by Gasteiger charge is 2.22. The van der Waals surface area contributed by atoms with Gasteiger partial charge in [-0.3, -0.25) is 0 Å². The summed E-state index contributed by atoms with van der Waals surface area (Å²) in [7, 11) is 0. The lowest BCUT2D eigenvalue weighted by molar-refractivity contribution is 0.673. The second-order valence-corrected chi connectivity index (χ2v) is 14.5. The van der Waals surface area contributed by atoms with E-state index >= 15 is 0 Å². The molecule has 0 aliphatic rings. The number of hydrogen-bond donors (Lipinski definition) is 0. The largest absolute Gasteiger partial charge is 0.455 e. The average Bonchev–Trinajstić information content (AvgIpc) is 3.67. The summed E-state index contributed by atoms with van der Waals surface area (Å²) in [5.74, 6) is 0. The molecule has 11 aromatic rings. The number of furan rings is 1. The highest BCUT2D eigenvalue weighted by Crippen LogP contribution is 2.47. The number of anilines is 3. The van der Waals surface area contributed by atoms with Gasteiger partial charge in [-0.15, -0.1) is 0 Å². The molecule has 262 valence electrons. The van der Waals surface area contributed by atoms with Crippen molar-refractivity contribution in [2.24, 2.45) is 0 Å². The van der Waals surface area contributed by atoms with Gasteiger partial charge in [-0.1, -0.05) is 170 Å². The fourth-order valence-electron chi connectivity index (χ4n) is 8.51. The number of para-hydroxylation sites is 1. The molecule has 0 amide bonds. The highest BCUT2D eigenvalue weighted by molar-refractivity contribution is 6.20. The molecule has 0 N–H and O–H groups in total. The third-order valence-electron chi connectivity index (χ3n) is 11.3. The van der Waals surface area contributed by atoms with Crippen molar-refractivity contribution in [1.82, 2.24) is 0 Å². The van der Waals surface area contributed by atoms with Crippen LogP contribution in [0.4, 0.5) is 17.1 Å². The summed E-state index contributed by atoms with van der Waals surface area (Å²) < 4.78 is 6.65. The molecule has 0 fully saturated rings. The van der Waals surface area contributed by atoms with Crippen LogP contribution in [-0.4, -0.2) is 0 Å². The van der Waals surface area contributed by atoms with Gasteiger partial charge in [0.05, 0.1) is 11.4 Å². The Kier molecular flexibility index (Phi) is 7.53. The highest BCUT2D eigenvalue weighted by atomic mass is 16.3. The maximum Gasteiger partial charge on any atom is 0.143 e. The van der Waals surface area contributed by atoms with Gasteiger partial charge in [0.15, 0.2) is 0 Å². The van der Waals surface area contributed by atoms with Crippen LogP contribution in [0.5, 0.6) is 0 Å². The van der Waals surface area contributed by atoms with E-state index in [1.54, 1.807) is 0 Å². The number of benzene rings is 10. The Labute approximate surface area is 325 Å². The second-order valence-electron chi connectivity index (χ2n) is 14.5. The molecule has 11 rings (SSSR count). The van der Waals surface area contributed by atoms with Crippen molar-refractivity contribution in [3.63, 3.8) is 0 Å². The van der Waals surface area contributed by atoms with Gasteiger partial charge in [-0.25, -0.2) is 0 Å². The molecule has 0 aliphatic carbocycles. The Hall–Kier alpha value is -7.42. The van der Waals surface area contributed by atoms with E-state index in [0.717, 1.165) is 55.5 Å². The van der Waals surface area contributed by atoms with E-state index in [4.69, 9.17) is 4.42 Å². The SMILES string of the molecule is c1ccc(N(c2ccc(-c3ccc(-c4ccc5ccccc5c4)cc3)cc2)c2cccc3ccccc23)c(-c2cccc3oc4c5ccccc5ccc4c23)c1. The molecule has 0 unspecified atom stereocenters. The molecule has 2 heteroatoms. The van der Waals surface area contributed by atoms with Crippen molar-refractivity contribution in [2.45, 2.75) is 0 Å². The van der Waals surface area contributed by atoms with Gasteiger partial charge < -0.3 is 9.32 Å². The number of fused-ring (bicyclic) bond motifs is 7. The molecule has 0 bridgehead atoms. The molecule has 0 spiro atoms. The first-order chi connectivity index (χ1) is 27.8. The minimum atomic E-state index is 0.886. The van der Waals surface area contributed by atoms with Gasteiger partial charge in [0.25, 0.3) is 0 Å². The summed E-state index contributed by atoms with van der Waals surface area (Å²) in [6, 6.07) is 76.5. The van der Waals surface area contributed by atoms with Crippen LogP contribution in [0.3, 0.4) is 0 Å². The Bertz CT molecular complexity index is 3240. The van der Waals surface area contributed by atoms with Crippen molar-refractivity contribution in [1.29, 1.82) is 0 Å². The van der Waals surface area contributed by atoms with Crippen molar-refractivity contribution < 1.29 is 4.42 Å². The number of rotatable bonds is 6. The molecule has 2 nitrogen and oxygen atoms in total. The van der Waals surface area contributed by atoms with Crippen LogP contribution in [0, 0.1) is 0 Å². The summed E-state index contributed by atoms with van der Waals surface area (Å²) in [6.45, 7) is 0. The van der Waals surface area contributed by atoms with Crippen LogP contribution >= 0.6 is 0 Å². The van der Waals surface area contributed by atoms with Crippen LogP contribution in [0.15, 0.2) is 217 Å². The van der Waals surface area contributed by atoms with E-state index in [9.17, 15) is 0 Å². The van der Waals surface area contributed by atoms with E-state index in [-0.39, 0.29) is 0 Å². The standard InChI is InChI=1S/C54H35NO/c1-2-14-42-35-43(28-27-36(42)11-1)39-25-23-37(24-26-39)38-29-32-44(33-30-38)55(50-21-9-15-40-12-3-5-16-45(40)50)51-20-8-7-18-47(51)48-19-10-22-52-53(48)49-34-31-41-13-4-6-17-46(41)54(49)56-52/h1-35H. The van der Waals surface area contributed by atoms with Gasteiger partial charge in [-0.05, 0) is 91.8 Å². The van der Waals surface area contributed by atoms with Crippen molar-refractivity contribution in [3.05, 3.63) is 212 Å². The van der Waals surface area contributed by atoms with Crippen molar-refractivity contribution in [2.75, 3.05) is 4.90 Å². The smallest absolute Gasteiger partial charge is 0.143 e. The quantitative estimate of drug-likeness (QED) is 0.171. The molecule has 1 heterocycles. The van der Waals surface area contributed by atoms with Crippen LogP contribution in [-0.2, 0) is 0 Å². The molecule has 0 radical (unpaired) electrons. The zero-order valence-corrected chi connectivity index (χ0v) is 30.6. The summed E-state index contributed by atoms with van der Waals surface area (Å²) in [4.78, 5) is 2.42. The van der Waals surface area contributed by atoms with E-state index < -0.39 is 0 Å². The normalized spacial score (nSPS) is 11.6. The van der Waals surface area contributed by atoms with E-state index in [0.29, 0.717) is 0 Å². The molecule has 56 heavy (non-hydrogen) atoms. The molecular weight excluding hydrogens is 679 g/mol. The molecule has 0 atom stereocenters. The van der Waals surface area contributed by atoms with Gasteiger partial charge in [0.2, 0.25) is 0 Å². The van der Waals surface area contributed by atoms with Gasteiger partial charge >= 0.3 is 0 Å². The Morgan fingerprint density at radius 3 is 1.66 bits per heavy atom. The van der Waals surface area contributed by atoms with Crippen molar-refractivity contribution in [3.8, 4) is 33.4 Å². The van der Waals surface area contributed by atoms with E-state index in [1.165, 1.54) is 49.2 Å². The summed E-state index contributed by atoms with van der Waals surface area (Å²) in [6.07, 6.45) is 0. The van der Waals surface area contributed by atoms with E-state index in [1.807, 2.05) is 0 Å². The van der Waals surface area contributed by atoms with Gasteiger partial charge in [-0.2, -0.15) is 0 Å². The molecule has 1 aromatic heterocycles. The number of hydrogen-bond acceptors (Lipinski definition) is 2. The van der Waals surface area contributed by atoms with Crippen LogP contribution < -0.4 is 4.90 Å². The van der Waals surface area contributed by atoms with Crippen LogP contribution in [0.1, 0.15) is 0 Å². The summed E-state index contributed by atoms with van der Waals surface area (Å²) in [5.41, 5.74) is 12.2. The fraction of sp³-hybridized carbons (Fsp3) is 0. The molecule has 10 aromatic carbocycles. The lowest BCUT2D eigenvalue weighted by atomic mass is 9.95. The van der Waals surface area contributed by atoms with Crippen molar-refractivity contribution >= 4 is 71.3 Å². The van der Waals surface area contributed by atoms with Crippen LogP contribution in [0.25, 0.3) is 87.6 Å². The minimum absolute atomic E-state index is 0.886. The Morgan fingerprint density at radius 2 is 0.857 bits per heavy atom. The van der Waals surface area contributed by atoms with Crippen LogP contribution in [0.2, 0.25) is 0 Å². The molecule has 0 saturated carbocycles. The zero-order valence-electron chi connectivity index (χ0n) is 30.6. The minimum Gasteiger partial charge on any atom is -0.455 e. The number of nitrogens with zero attached hydrogens (tertiary/aromatic N) is 1. The summed E-state index contributed by atoms with van der Waals surface area (Å²) >= 11 is 0. The topological polar surface area (TPSA) is 16.4 Å². The Morgan fingerprint density at radius 1 is 0.321 bits per heavy atom. The van der Waals surface area contributed by atoms with E-state index in [2.05, 4.69) is 217 Å². The second kappa shape index (κ2) is 13.2. The maximum absolute atomic E-state index is 6.65. The zero-order chi connectivity index (χ0) is 37.0. The third kappa shape index (κ3) is 5.34. The maximum atomic E-state index is 6.65. The van der Waals surface area contributed by atoms with Gasteiger partial charge in [0.1, 0.15) is 11.2 Å². The monoisotopic (exact) mass is 713 g/mol. The predicted octanol–water partition coefficient (Wildman–Crippen LogP) is 15.5. The van der Waals surface area contributed by atoms with Gasteiger partial charge in [0, 0.05) is 32.8 Å². The summed E-state index contributed by atoms with van der Waals surface area (Å²) in [5, 5.41) is 9.45. The first kappa shape index (κ1) is 32.0.